The van der Waals surface area contributed by atoms with E-state index in [9.17, 15) is 4.79 Å². The molecule has 2 saturated heterocycles. The molecule has 0 radical (unpaired) electrons. The SMILES string of the molecule is Cc1ccccc1CC(=O)N1CC2CC3CC(C2)CC1C3. The highest BCUT2D eigenvalue weighted by molar-refractivity contribution is 5.79. The van der Waals surface area contributed by atoms with Crippen LogP contribution in [0.4, 0.5) is 0 Å². The minimum Gasteiger partial charge on any atom is -0.339 e. The first-order valence-corrected chi connectivity index (χ1v) is 8.53. The van der Waals surface area contributed by atoms with E-state index in [0.717, 1.165) is 24.3 Å². The van der Waals surface area contributed by atoms with E-state index >= 15 is 0 Å². The monoisotopic (exact) mass is 283 g/mol. The second-order valence-corrected chi connectivity index (χ2v) is 7.58. The first kappa shape index (κ1) is 13.4. The summed E-state index contributed by atoms with van der Waals surface area (Å²) in [5.74, 6) is 2.96. The molecule has 2 aliphatic heterocycles. The number of hydrogen-bond donors (Lipinski definition) is 0. The largest absolute Gasteiger partial charge is 0.339 e. The van der Waals surface area contributed by atoms with Crippen molar-refractivity contribution in [3.63, 3.8) is 0 Å². The van der Waals surface area contributed by atoms with Crippen LogP contribution in [0.3, 0.4) is 0 Å². The van der Waals surface area contributed by atoms with Crippen molar-refractivity contribution in [3.05, 3.63) is 35.4 Å². The van der Waals surface area contributed by atoms with Gasteiger partial charge >= 0.3 is 0 Å². The second kappa shape index (κ2) is 5.15. The third-order valence-electron chi connectivity index (χ3n) is 6.03. The van der Waals surface area contributed by atoms with Crippen LogP contribution in [0.25, 0.3) is 0 Å². The van der Waals surface area contributed by atoms with E-state index < -0.39 is 0 Å². The first-order valence-electron chi connectivity index (χ1n) is 8.53. The summed E-state index contributed by atoms with van der Waals surface area (Å²) in [4.78, 5) is 15.1. The minimum atomic E-state index is 0.363. The molecule has 4 aliphatic rings. The predicted molar refractivity (Wildman–Crippen MR) is 83.9 cm³/mol. The van der Waals surface area contributed by atoms with Gasteiger partial charge in [0.2, 0.25) is 5.91 Å². The molecule has 1 aromatic rings. The number of carbonyl (C=O) groups excluding carboxylic acids is 1. The summed E-state index contributed by atoms with van der Waals surface area (Å²) in [5.41, 5.74) is 2.44. The van der Waals surface area contributed by atoms with Gasteiger partial charge < -0.3 is 4.90 Å². The highest BCUT2D eigenvalue weighted by Gasteiger charge is 2.43. The molecule has 1 amide bonds. The van der Waals surface area contributed by atoms with Crippen LogP contribution in [-0.2, 0) is 11.2 Å². The molecule has 4 bridgehead atoms. The van der Waals surface area contributed by atoms with E-state index in [1.807, 2.05) is 6.07 Å². The number of benzene rings is 1. The summed E-state index contributed by atoms with van der Waals surface area (Å²) in [6.45, 7) is 3.14. The van der Waals surface area contributed by atoms with E-state index in [2.05, 4.69) is 30.0 Å². The van der Waals surface area contributed by atoms with Gasteiger partial charge in [-0.2, -0.15) is 0 Å². The fraction of sp³-hybridized carbons (Fsp3) is 0.632. The Morgan fingerprint density at radius 2 is 1.71 bits per heavy atom. The number of rotatable bonds is 2. The lowest BCUT2D eigenvalue weighted by Crippen LogP contribution is -2.42. The normalized spacial score (nSPS) is 34.0. The molecule has 2 saturated carbocycles. The average molecular weight is 283 g/mol. The minimum absolute atomic E-state index is 0.363. The molecule has 112 valence electrons. The van der Waals surface area contributed by atoms with Crippen molar-refractivity contribution in [2.75, 3.05) is 6.54 Å². The van der Waals surface area contributed by atoms with Crippen molar-refractivity contribution in [1.82, 2.24) is 4.90 Å². The van der Waals surface area contributed by atoms with Gasteiger partial charge in [0.25, 0.3) is 0 Å². The maximum Gasteiger partial charge on any atom is 0.227 e. The van der Waals surface area contributed by atoms with Gasteiger partial charge in [-0.25, -0.2) is 0 Å². The van der Waals surface area contributed by atoms with Gasteiger partial charge in [-0.1, -0.05) is 24.3 Å². The van der Waals surface area contributed by atoms with Gasteiger partial charge in [-0.3, -0.25) is 4.79 Å². The molecular formula is C19H25NO. The Hall–Kier alpha value is -1.31. The highest BCUT2D eigenvalue weighted by Crippen LogP contribution is 2.47. The number of carbonyl (C=O) groups is 1. The van der Waals surface area contributed by atoms with Crippen molar-refractivity contribution in [2.45, 2.75) is 51.5 Å². The predicted octanol–water partition coefficient (Wildman–Crippen LogP) is 3.57. The van der Waals surface area contributed by atoms with Gasteiger partial charge in [0.15, 0.2) is 0 Å². The molecule has 2 heterocycles. The maximum atomic E-state index is 12.9. The number of hydrogen-bond acceptors (Lipinski definition) is 1. The molecule has 2 heteroatoms. The van der Waals surface area contributed by atoms with Crippen LogP contribution in [0, 0.1) is 24.7 Å². The van der Waals surface area contributed by atoms with Gasteiger partial charge in [0.1, 0.15) is 0 Å². The zero-order chi connectivity index (χ0) is 14.4. The topological polar surface area (TPSA) is 20.3 Å². The fourth-order valence-corrected chi connectivity index (χ4v) is 5.16. The van der Waals surface area contributed by atoms with Crippen molar-refractivity contribution >= 4 is 5.91 Å². The Bertz CT molecular complexity index is 538. The molecule has 0 N–H and O–H groups in total. The molecule has 2 nitrogen and oxygen atoms in total. The Balaban J connectivity index is 1.53. The number of aryl methyl sites for hydroxylation is 1. The van der Waals surface area contributed by atoms with Crippen molar-refractivity contribution in [1.29, 1.82) is 0 Å². The van der Waals surface area contributed by atoms with E-state index in [1.54, 1.807) is 0 Å². The highest BCUT2D eigenvalue weighted by atomic mass is 16.2. The molecule has 0 spiro atoms. The summed E-state index contributed by atoms with van der Waals surface area (Å²) in [6.07, 6.45) is 7.32. The third-order valence-corrected chi connectivity index (χ3v) is 6.03. The van der Waals surface area contributed by atoms with Crippen LogP contribution in [0.15, 0.2) is 24.3 Å². The lowest BCUT2D eigenvalue weighted by Gasteiger charge is -2.39. The smallest absolute Gasteiger partial charge is 0.227 e. The Kier molecular flexibility index (Phi) is 3.28. The third kappa shape index (κ3) is 2.49. The van der Waals surface area contributed by atoms with Gasteiger partial charge in [0, 0.05) is 12.6 Å². The average Bonchev–Trinajstić information content (AvgIpc) is 2.65. The summed E-state index contributed by atoms with van der Waals surface area (Å²) >= 11 is 0. The Labute approximate surface area is 127 Å². The van der Waals surface area contributed by atoms with E-state index in [4.69, 9.17) is 0 Å². The number of fused-ring (bicyclic) bond motifs is 1. The lowest BCUT2D eigenvalue weighted by atomic mass is 9.68. The van der Waals surface area contributed by atoms with Crippen molar-refractivity contribution in [3.8, 4) is 0 Å². The Morgan fingerprint density at radius 1 is 1.05 bits per heavy atom. The first-order chi connectivity index (χ1) is 10.2. The molecule has 0 aromatic heterocycles. The fourth-order valence-electron chi connectivity index (χ4n) is 5.16. The van der Waals surface area contributed by atoms with Crippen LogP contribution in [0.5, 0.6) is 0 Å². The molecule has 4 fully saturated rings. The summed E-state index contributed by atoms with van der Waals surface area (Å²) in [7, 11) is 0. The quantitative estimate of drug-likeness (QED) is 0.812. The van der Waals surface area contributed by atoms with Crippen molar-refractivity contribution in [2.24, 2.45) is 17.8 Å². The molecular weight excluding hydrogens is 258 g/mol. The van der Waals surface area contributed by atoms with Gasteiger partial charge in [-0.05, 0) is 67.9 Å². The van der Waals surface area contributed by atoms with Crippen molar-refractivity contribution < 1.29 is 4.79 Å². The van der Waals surface area contributed by atoms with E-state index in [-0.39, 0.29) is 0 Å². The molecule has 2 unspecified atom stereocenters. The summed E-state index contributed by atoms with van der Waals surface area (Å²) in [6, 6.07) is 8.85. The van der Waals surface area contributed by atoms with Crippen LogP contribution < -0.4 is 0 Å². The standard InChI is InChI=1S/C19H25NO/c1-13-4-2-3-5-17(13)11-19(21)20-12-16-7-14-6-15(8-16)10-18(20)9-14/h2-5,14-16,18H,6-12H2,1H3. The summed E-state index contributed by atoms with van der Waals surface area (Å²) in [5, 5.41) is 0. The van der Waals surface area contributed by atoms with Crippen LogP contribution in [0.2, 0.25) is 0 Å². The number of amides is 1. The van der Waals surface area contributed by atoms with E-state index in [1.165, 1.54) is 43.2 Å². The van der Waals surface area contributed by atoms with Gasteiger partial charge in [0.05, 0.1) is 6.42 Å². The summed E-state index contributed by atoms with van der Waals surface area (Å²) < 4.78 is 0. The van der Waals surface area contributed by atoms with Crippen LogP contribution in [-0.4, -0.2) is 23.4 Å². The molecule has 5 rings (SSSR count). The zero-order valence-electron chi connectivity index (χ0n) is 12.9. The zero-order valence-corrected chi connectivity index (χ0v) is 12.9. The molecule has 1 aromatic carbocycles. The lowest BCUT2D eigenvalue weighted by molar-refractivity contribution is -0.133. The molecule has 2 aliphatic carbocycles. The van der Waals surface area contributed by atoms with E-state index in [0.29, 0.717) is 18.4 Å². The maximum absolute atomic E-state index is 12.9. The number of nitrogens with zero attached hydrogens (tertiary/aromatic N) is 1. The van der Waals surface area contributed by atoms with Gasteiger partial charge in [-0.15, -0.1) is 0 Å². The van der Waals surface area contributed by atoms with Crippen LogP contribution >= 0.6 is 0 Å². The molecule has 21 heavy (non-hydrogen) atoms. The molecule has 2 atom stereocenters. The second-order valence-electron chi connectivity index (χ2n) is 7.58. The Morgan fingerprint density at radius 3 is 2.43 bits per heavy atom. The van der Waals surface area contributed by atoms with Crippen LogP contribution in [0.1, 0.15) is 43.2 Å².